The fraction of sp³-hybridized carbons (Fsp3) is 0. The van der Waals surface area contributed by atoms with Crippen LogP contribution in [0.2, 0.25) is 5.02 Å². The van der Waals surface area contributed by atoms with E-state index in [0.717, 1.165) is 17.5 Å². The van der Waals surface area contributed by atoms with Crippen molar-refractivity contribution in [2.45, 2.75) is 4.90 Å². The molecule has 0 bridgehead atoms. The van der Waals surface area contributed by atoms with Crippen LogP contribution in [0.5, 0.6) is 0 Å². The van der Waals surface area contributed by atoms with E-state index in [1.807, 2.05) is 0 Å². The first-order valence-corrected chi connectivity index (χ1v) is 8.55. The summed E-state index contributed by atoms with van der Waals surface area (Å²) in [6, 6.07) is 11.8. The number of benzene rings is 2. The second kappa shape index (κ2) is 6.06. The Morgan fingerprint density at radius 3 is 2.62 bits per heavy atom. The quantitative estimate of drug-likeness (QED) is 0.563. The number of hydrogen-bond donors (Lipinski definition) is 1. The molecule has 7 nitrogen and oxygen atoms in total. The van der Waals surface area contributed by atoms with Gasteiger partial charge in [0.2, 0.25) is 0 Å². The van der Waals surface area contributed by atoms with Crippen LogP contribution in [0.1, 0.15) is 0 Å². The summed E-state index contributed by atoms with van der Waals surface area (Å²) in [7, 11) is -4.22. The van der Waals surface area contributed by atoms with E-state index in [2.05, 4.69) is 9.71 Å². The number of rotatable bonds is 4. The zero-order valence-corrected chi connectivity index (χ0v) is 13.6. The molecule has 0 spiro atoms. The monoisotopic (exact) mass is 363 g/mol. The molecule has 0 radical (unpaired) electrons. The molecule has 1 N–H and O–H groups in total. The van der Waals surface area contributed by atoms with Crippen LogP contribution in [0.25, 0.3) is 10.9 Å². The lowest BCUT2D eigenvalue weighted by Gasteiger charge is -2.10. The molecule has 3 aromatic rings. The van der Waals surface area contributed by atoms with Gasteiger partial charge in [-0.15, -0.1) is 0 Å². The van der Waals surface area contributed by atoms with E-state index in [1.54, 1.807) is 24.3 Å². The Labute approximate surface area is 142 Å². The average Bonchev–Trinajstić information content (AvgIpc) is 2.54. The van der Waals surface area contributed by atoms with Crippen molar-refractivity contribution in [3.8, 4) is 0 Å². The first-order chi connectivity index (χ1) is 11.4. The number of hydrogen-bond acceptors (Lipinski definition) is 5. The summed E-state index contributed by atoms with van der Waals surface area (Å²) in [5, 5.41) is 11.9. The lowest BCUT2D eigenvalue weighted by atomic mass is 10.2. The van der Waals surface area contributed by atoms with E-state index >= 15 is 0 Å². The highest BCUT2D eigenvalue weighted by Gasteiger charge is 2.26. The Morgan fingerprint density at radius 1 is 1.12 bits per heavy atom. The van der Waals surface area contributed by atoms with Crippen LogP contribution in [-0.2, 0) is 10.0 Å². The van der Waals surface area contributed by atoms with Gasteiger partial charge in [0.05, 0.1) is 16.1 Å². The molecule has 1 aromatic heterocycles. The van der Waals surface area contributed by atoms with Gasteiger partial charge >= 0.3 is 0 Å². The third kappa shape index (κ3) is 3.01. The van der Waals surface area contributed by atoms with E-state index in [0.29, 0.717) is 5.52 Å². The maximum absolute atomic E-state index is 12.6. The van der Waals surface area contributed by atoms with Gasteiger partial charge in [0.1, 0.15) is 0 Å². The van der Waals surface area contributed by atoms with Gasteiger partial charge in [-0.25, -0.2) is 8.42 Å². The van der Waals surface area contributed by atoms with Gasteiger partial charge in [0, 0.05) is 22.7 Å². The summed E-state index contributed by atoms with van der Waals surface area (Å²) in [5.74, 6) is 0. The zero-order valence-electron chi connectivity index (χ0n) is 12.0. The predicted molar refractivity (Wildman–Crippen MR) is 90.7 cm³/mol. The number of anilines is 1. The van der Waals surface area contributed by atoms with E-state index in [1.165, 1.54) is 18.3 Å². The van der Waals surface area contributed by atoms with Crippen molar-refractivity contribution in [1.82, 2.24) is 4.98 Å². The van der Waals surface area contributed by atoms with E-state index in [9.17, 15) is 18.5 Å². The van der Waals surface area contributed by atoms with Gasteiger partial charge in [-0.2, -0.15) is 0 Å². The second-order valence-electron chi connectivity index (χ2n) is 4.86. The minimum Gasteiger partial charge on any atom is -0.277 e. The van der Waals surface area contributed by atoms with Crippen molar-refractivity contribution in [2.24, 2.45) is 0 Å². The van der Waals surface area contributed by atoms with Crippen molar-refractivity contribution >= 4 is 43.9 Å². The van der Waals surface area contributed by atoms with Crippen molar-refractivity contribution in [1.29, 1.82) is 0 Å². The lowest BCUT2D eigenvalue weighted by Crippen LogP contribution is -2.15. The van der Waals surface area contributed by atoms with Gasteiger partial charge < -0.3 is 0 Å². The minimum atomic E-state index is -4.22. The Kier molecular flexibility index (Phi) is 4.08. The van der Waals surface area contributed by atoms with Crippen LogP contribution >= 0.6 is 11.6 Å². The topological polar surface area (TPSA) is 102 Å². The van der Waals surface area contributed by atoms with Crippen LogP contribution < -0.4 is 4.72 Å². The third-order valence-corrected chi connectivity index (χ3v) is 4.91. The highest BCUT2D eigenvalue weighted by Crippen LogP contribution is 2.30. The van der Waals surface area contributed by atoms with Crippen molar-refractivity contribution < 1.29 is 13.3 Å². The fourth-order valence-electron chi connectivity index (χ4n) is 2.24. The molecule has 9 heteroatoms. The molecular formula is C15H10ClN3O4S. The van der Waals surface area contributed by atoms with Gasteiger partial charge in [0.25, 0.3) is 15.7 Å². The third-order valence-electron chi connectivity index (χ3n) is 3.29. The van der Waals surface area contributed by atoms with Gasteiger partial charge in [-0.1, -0.05) is 29.8 Å². The number of sulfonamides is 1. The van der Waals surface area contributed by atoms with Crippen LogP contribution in [0.4, 0.5) is 11.4 Å². The molecule has 2 aromatic carbocycles. The molecule has 0 saturated carbocycles. The Bertz CT molecular complexity index is 1050. The minimum absolute atomic E-state index is 0.0806. The molecule has 0 aliphatic rings. The standard InChI is InChI=1S/C15H10ClN3O4S/c16-11-6-7-13(19(20)21)14(9-11)24(22,23)18-12-5-1-3-10-4-2-8-17-15(10)12/h1-9,18H. The molecule has 0 aliphatic carbocycles. The highest BCUT2D eigenvalue weighted by molar-refractivity contribution is 7.92. The molecule has 0 unspecified atom stereocenters. The van der Waals surface area contributed by atoms with Crippen LogP contribution in [-0.4, -0.2) is 18.3 Å². The zero-order chi connectivity index (χ0) is 17.3. The van der Waals surface area contributed by atoms with Crippen LogP contribution in [0, 0.1) is 10.1 Å². The summed E-state index contributed by atoms with van der Waals surface area (Å²) < 4.78 is 27.6. The van der Waals surface area contributed by atoms with E-state index in [4.69, 9.17) is 11.6 Å². The summed E-state index contributed by atoms with van der Waals surface area (Å²) in [4.78, 5) is 14.0. The van der Waals surface area contributed by atoms with Gasteiger partial charge in [0.15, 0.2) is 4.90 Å². The number of nitrogens with one attached hydrogen (secondary N) is 1. The molecule has 0 atom stereocenters. The van der Waals surface area contributed by atoms with Crippen molar-refractivity contribution in [3.05, 3.63) is 69.9 Å². The lowest BCUT2D eigenvalue weighted by molar-refractivity contribution is -0.387. The SMILES string of the molecule is O=[N+]([O-])c1ccc(Cl)cc1S(=O)(=O)Nc1cccc2cccnc12. The molecule has 24 heavy (non-hydrogen) atoms. The molecule has 1 heterocycles. The summed E-state index contributed by atoms with van der Waals surface area (Å²) in [5.41, 5.74) is 0.107. The van der Waals surface area contributed by atoms with Crippen molar-refractivity contribution in [3.63, 3.8) is 0 Å². The summed E-state index contributed by atoms with van der Waals surface area (Å²) in [6.45, 7) is 0. The molecular weight excluding hydrogens is 354 g/mol. The Hall–Kier alpha value is -2.71. The molecule has 0 aliphatic heterocycles. The highest BCUT2D eigenvalue weighted by atomic mass is 35.5. The number of nitro groups is 1. The molecule has 3 rings (SSSR count). The fourth-order valence-corrected chi connectivity index (χ4v) is 3.74. The molecule has 0 amide bonds. The number of nitro benzene ring substituents is 1. The normalized spacial score (nSPS) is 11.4. The number of para-hydroxylation sites is 1. The number of nitrogens with zero attached hydrogens (tertiary/aromatic N) is 2. The summed E-state index contributed by atoms with van der Waals surface area (Å²) >= 11 is 5.80. The number of aromatic nitrogens is 1. The predicted octanol–water partition coefficient (Wildman–Crippen LogP) is 3.60. The van der Waals surface area contributed by atoms with Crippen LogP contribution in [0.15, 0.2) is 59.6 Å². The second-order valence-corrected chi connectivity index (χ2v) is 6.94. The summed E-state index contributed by atoms with van der Waals surface area (Å²) in [6.07, 6.45) is 1.53. The van der Waals surface area contributed by atoms with Gasteiger partial charge in [-0.05, 0) is 24.3 Å². The van der Waals surface area contributed by atoms with E-state index < -0.39 is 25.5 Å². The maximum atomic E-state index is 12.6. The largest absolute Gasteiger partial charge is 0.289 e. The van der Waals surface area contributed by atoms with Crippen LogP contribution in [0.3, 0.4) is 0 Å². The smallest absolute Gasteiger partial charge is 0.277 e. The first-order valence-electron chi connectivity index (χ1n) is 6.69. The average molecular weight is 364 g/mol. The van der Waals surface area contributed by atoms with E-state index in [-0.39, 0.29) is 10.7 Å². The number of fused-ring (bicyclic) bond motifs is 1. The first kappa shape index (κ1) is 16.2. The Morgan fingerprint density at radius 2 is 1.88 bits per heavy atom. The number of halogens is 1. The number of pyridine rings is 1. The van der Waals surface area contributed by atoms with Gasteiger partial charge in [-0.3, -0.25) is 19.8 Å². The maximum Gasteiger partial charge on any atom is 0.289 e. The molecule has 0 fully saturated rings. The van der Waals surface area contributed by atoms with Crippen molar-refractivity contribution in [2.75, 3.05) is 4.72 Å². The Balaban J connectivity index is 2.12. The molecule has 0 saturated heterocycles. The molecule has 122 valence electrons.